The van der Waals surface area contributed by atoms with E-state index in [9.17, 15) is 18.0 Å². The van der Waals surface area contributed by atoms with Crippen LogP contribution < -0.4 is 10.6 Å². The van der Waals surface area contributed by atoms with Gasteiger partial charge in [-0.1, -0.05) is 12.8 Å². The van der Waals surface area contributed by atoms with Gasteiger partial charge in [0.25, 0.3) is 0 Å². The molecule has 0 spiro atoms. The molecular formula is C14H24ClF3N2O. The molecule has 124 valence electrons. The molecule has 2 N–H and O–H groups in total. The van der Waals surface area contributed by atoms with Crippen molar-refractivity contribution in [2.45, 2.75) is 63.7 Å². The molecule has 1 unspecified atom stereocenters. The van der Waals surface area contributed by atoms with Crippen molar-refractivity contribution in [1.82, 2.24) is 10.6 Å². The van der Waals surface area contributed by atoms with E-state index < -0.39 is 24.0 Å². The smallest absolute Gasteiger partial charge is 0.344 e. The summed E-state index contributed by atoms with van der Waals surface area (Å²) in [5, 5.41) is 5.50. The van der Waals surface area contributed by atoms with Gasteiger partial charge < -0.3 is 10.6 Å². The molecule has 1 heterocycles. The Morgan fingerprint density at radius 3 is 2.38 bits per heavy atom. The Balaban J connectivity index is 0.00000220. The Bertz CT molecular complexity index is 346. The zero-order chi connectivity index (χ0) is 14.8. The van der Waals surface area contributed by atoms with Crippen molar-refractivity contribution in [1.29, 1.82) is 0 Å². The van der Waals surface area contributed by atoms with Crippen LogP contribution in [-0.2, 0) is 4.79 Å². The number of halogens is 4. The van der Waals surface area contributed by atoms with E-state index in [1.165, 1.54) is 0 Å². The molecule has 0 aromatic carbocycles. The zero-order valence-corrected chi connectivity index (χ0v) is 13.0. The number of hydrogen-bond acceptors (Lipinski definition) is 2. The number of piperidine rings is 1. The maximum atomic E-state index is 13.1. The second-order valence-corrected chi connectivity index (χ2v) is 6.15. The van der Waals surface area contributed by atoms with Crippen LogP contribution in [0.1, 0.15) is 45.4 Å². The van der Waals surface area contributed by atoms with Gasteiger partial charge in [0.15, 0.2) is 0 Å². The third-order valence-electron chi connectivity index (χ3n) is 4.52. The van der Waals surface area contributed by atoms with E-state index >= 15 is 0 Å². The Labute approximate surface area is 129 Å². The van der Waals surface area contributed by atoms with Gasteiger partial charge in [-0.15, -0.1) is 12.4 Å². The van der Waals surface area contributed by atoms with Crippen LogP contribution in [0.4, 0.5) is 13.2 Å². The van der Waals surface area contributed by atoms with E-state index in [1.54, 1.807) is 0 Å². The summed E-state index contributed by atoms with van der Waals surface area (Å²) in [6, 6.07) is -1.47. The minimum Gasteiger partial charge on any atom is -0.344 e. The zero-order valence-electron chi connectivity index (χ0n) is 12.2. The second kappa shape index (κ2) is 7.68. The highest BCUT2D eigenvalue weighted by Crippen LogP contribution is 2.36. The lowest BCUT2D eigenvalue weighted by Crippen LogP contribution is -2.52. The number of alkyl halides is 3. The molecule has 1 amide bonds. The molecule has 2 rings (SSSR count). The Morgan fingerprint density at radius 1 is 1.24 bits per heavy atom. The maximum absolute atomic E-state index is 13.1. The molecule has 1 aliphatic heterocycles. The summed E-state index contributed by atoms with van der Waals surface area (Å²) in [7, 11) is 0. The molecule has 0 aromatic heterocycles. The molecule has 0 bridgehead atoms. The lowest BCUT2D eigenvalue weighted by Gasteiger charge is -2.31. The minimum absolute atomic E-state index is 0. The van der Waals surface area contributed by atoms with Crippen LogP contribution in [0.3, 0.4) is 0 Å². The van der Waals surface area contributed by atoms with Crippen LogP contribution >= 0.6 is 12.4 Å². The SMILES string of the molecule is C[C@H]1C[C@@H](C(=O)NC(C2CCCC2)C(F)(F)F)CCN1.Cl. The van der Waals surface area contributed by atoms with Crippen molar-refractivity contribution in [3.8, 4) is 0 Å². The van der Waals surface area contributed by atoms with E-state index in [0.717, 1.165) is 12.8 Å². The number of amides is 1. The van der Waals surface area contributed by atoms with Gasteiger partial charge in [0.1, 0.15) is 6.04 Å². The quantitative estimate of drug-likeness (QED) is 0.836. The predicted molar refractivity (Wildman–Crippen MR) is 77.4 cm³/mol. The average molecular weight is 329 g/mol. The summed E-state index contributed by atoms with van der Waals surface area (Å²) in [5.74, 6) is -1.16. The van der Waals surface area contributed by atoms with Crippen molar-refractivity contribution in [2.75, 3.05) is 6.54 Å². The van der Waals surface area contributed by atoms with E-state index in [2.05, 4.69) is 10.6 Å². The molecule has 1 aliphatic carbocycles. The summed E-state index contributed by atoms with van der Waals surface area (Å²) in [6.07, 6.45) is -0.329. The number of nitrogens with one attached hydrogen (secondary N) is 2. The molecular weight excluding hydrogens is 305 g/mol. The molecule has 3 atom stereocenters. The minimum atomic E-state index is -4.34. The monoisotopic (exact) mass is 328 g/mol. The van der Waals surface area contributed by atoms with Gasteiger partial charge in [0, 0.05) is 12.0 Å². The Hall–Kier alpha value is -0.490. The van der Waals surface area contributed by atoms with E-state index in [1.807, 2.05) is 6.92 Å². The predicted octanol–water partition coefficient (Wildman–Crippen LogP) is 3.03. The molecule has 7 heteroatoms. The van der Waals surface area contributed by atoms with E-state index in [-0.39, 0.29) is 24.4 Å². The molecule has 2 fully saturated rings. The average Bonchev–Trinajstić information content (AvgIpc) is 2.87. The van der Waals surface area contributed by atoms with Crippen LogP contribution in [0.5, 0.6) is 0 Å². The van der Waals surface area contributed by atoms with Gasteiger partial charge in [-0.05, 0) is 45.1 Å². The third-order valence-corrected chi connectivity index (χ3v) is 4.52. The fraction of sp³-hybridized carbons (Fsp3) is 0.929. The topological polar surface area (TPSA) is 41.1 Å². The first-order chi connectivity index (χ1) is 9.38. The van der Waals surface area contributed by atoms with E-state index in [0.29, 0.717) is 32.2 Å². The standard InChI is InChI=1S/C14H23F3N2O.ClH/c1-9-8-11(6-7-18-9)13(20)19-12(14(15,16)17)10-4-2-3-5-10;/h9-12,18H,2-8H2,1H3,(H,19,20);1H/t9-,11-,12?;/m0./s1. The molecule has 1 saturated heterocycles. The van der Waals surface area contributed by atoms with Crippen molar-refractivity contribution in [2.24, 2.45) is 11.8 Å². The Kier molecular flexibility index (Phi) is 6.78. The van der Waals surface area contributed by atoms with Crippen molar-refractivity contribution >= 4 is 18.3 Å². The largest absolute Gasteiger partial charge is 0.408 e. The first-order valence-electron chi connectivity index (χ1n) is 7.48. The van der Waals surface area contributed by atoms with Gasteiger partial charge in [-0.2, -0.15) is 13.2 Å². The third kappa shape index (κ3) is 5.02. The number of carbonyl (C=O) groups is 1. The van der Waals surface area contributed by atoms with Gasteiger partial charge >= 0.3 is 6.18 Å². The maximum Gasteiger partial charge on any atom is 0.408 e. The van der Waals surface area contributed by atoms with Crippen LogP contribution in [0, 0.1) is 11.8 Å². The summed E-state index contributed by atoms with van der Waals surface area (Å²) in [5.41, 5.74) is 0. The van der Waals surface area contributed by atoms with Crippen LogP contribution in [0.2, 0.25) is 0 Å². The van der Waals surface area contributed by atoms with E-state index in [4.69, 9.17) is 0 Å². The number of rotatable bonds is 3. The molecule has 3 nitrogen and oxygen atoms in total. The molecule has 1 saturated carbocycles. The van der Waals surface area contributed by atoms with Crippen molar-refractivity contribution in [3.63, 3.8) is 0 Å². The first-order valence-corrected chi connectivity index (χ1v) is 7.48. The van der Waals surface area contributed by atoms with Gasteiger partial charge in [0.2, 0.25) is 5.91 Å². The van der Waals surface area contributed by atoms with Gasteiger partial charge in [-0.3, -0.25) is 4.79 Å². The Morgan fingerprint density at radius 2 is 1.86 bits per heavy atom. The van der Waals surface area contributed by atoms with Crippen molar-refractivity contribution in [3.05, 3.63) is 0 Å². The van der Waals surface area contributed by atoms with Gasteiger partial charge in [0.05, 0.1) is 0 Å². The number of hydrogen-bond donors (Lipinski definition) is 2. The number of carbonyl (C=O) groups excluding carboxylic acids is 1. The van der Waals surface area contributed by atoms with Crippen molar-refractivity contribution < 1.29 is 18.0 Å². The first kappa shape index (κ1) is 18.6. The highest BCUT2D eigenvalue weighted by Gasteiger charge is 2.46. The van der Waals surface area contributed by atoms with Crippen LogP contribution in [0.15, 0.2) is 0 Å². The summed E-state index contributed by atoms with van der Waals surface area (Å²) in [4.78, 5) is 12.1. The molecule has 2 aliphatic rings. The lowest BCUT2D eigenvalue weighted by molar-refractivity contribution is -0.173. The molecule has 0 radical (unpaired) electrons. The highest BCUT2D eigenvalue weighted by molar-refractivity contribution is 5.85. The summed E-state index contributed by atoms with van der Waals surface area (Å²) >= 11 is 0. The van der Waals surface area contributed by atoms with Crippen LogP contribution in [-0.4, -0.2) is 30.7 Å². The molecule has 21 heavy (non-hydrogen) atoms. The lowest BCUT2D eigenvalue weighted by atomic mass is 9.91. The van der Waals surface area contributed by atoms with Gasteiger partial charge in [-0.25, -0.2) is 0 Å². The summed E-state index contributed by atoms with van der Waals surface area (Å²) in [6.45, 7) is 2.65. The summed E-state index contributed by atoms with van der Waals surface area (Å²) < 4.78 is 39.4. The fourth-order valence-corrected chi connectivity index (χ4v) is 3.40. The second-order valence-electron chi connectivity index (χ2n) is 6.15. The fourth-order valence-electron chi connectivity index (χ4n) is 3.40. The normalized spacial score (nSPS) is 28.8. The highest BCUT2D eigenvalue weighted by atomic mass is 35.5. The molecule has 0 aromatic rings. The van der Waals surface area contributed by atoms with Crippen LogP contribution in [0.25, 0.3) is 0 Å².